The van der Waals surface area contributed by atoms with Gasteiger partial charge in [0.25, 0.3) is 0 Å². The number of rotatable bonds is 23. The Morgan fingerprint density at radius 3 is 1.26 bits per heavy atom. The third-order valence-electron chi connectivity index (χ3n) is 12.0. The summed E-state index contributed by atoms with van der Waals surface area (Å²) >= 11 is 0. The molecule has 3 N–H and O–H groups in total. The maximum Gasteiger partial charge on any atom is 0.303 e. The highest BCUT2D eigenvalue weighted by Crippen LogP contribution is 2.35. The van der Waals surface area contributed by atoms with Gasteiger partial charge in [0.2, 0.25) is 20.0 Å². The first-order valence-electron chi connectivity index (χ1n) is 23.4. The lowest BCUT2D eigenvalue weighted by Crippen LogP contribution is -2.70. The van der Waals surface area contributed by atoms with Crippen molar-refractivity contribution in [3.05, 3.63) is 204 Å². The van der Waals surface area contributed by atoms with Crippen molar-refractivity contribution in [2.75, 3.05) is 13.2 Å². The highest BCUT2D eigenvalue weighted by Gasteiger charge is 2.55. The molecule has 2 aliphatic rings. The molecule has 2 aliphatic heterocycles. The topological polar surface area (TPSA) is 203 Å². The van der Waals surface area contributed by atoms with Gasteiger partial charge in [-0.25, -0.2) is 26.3 Å². The van der Waals surface area contributed by atoms with Gasteiger partial charge in [-0.3, -0.25) is 4.79 Å². The van der Waals surface area contributed by atoms with E-state index >= 15 is 0 Å². The molecule has 72 heavy (non-hydrogen) atoms. The summed E-state index contributed by atoms with van der Waals surface area (Å²) in [4.78, 5) is 12.9. The Morgan fingerprint density at radius 1 is 0.486 bits per heavy atom. The Morgan fingerprint density at radius 2 is 0.847 bits per heavy atom. The molecule has 8 rings (SSSR count). The van der Waals surface area contributed by atoms with Crippen molar-refractivity contribution >= 4 is 26.0 Å². The van der Waals surface area contributed by atoms with Gasteiger partial charge in [-0.05, 0) is 46.5 Å². The van der Waals surface area contributed by atoms with Crippen LogP contribution in [0, 0.1) is 0 Å². The molecule has 0 amide bonds. The molecule has 380 valence electrons. The maximum atomic E-state index is 14.6. The number of hydrogen-bond acceptors (Lipinski definition) is 14. The van der Waals surface area contributed by atoms with Crippen LogP contribution in [0.3, 0.4) is 0 Å². The Hall–Kier alpha value is -5.71. The lowest BCUT2D eigenvalue weighted by molar-refractivity contribution is -0.336. The molecule has 2 fully saturated rings. The van der Waals surface area contributed by atoms with Gasteiger partial charge < -0.3 is 43.0 Å². The Balaban J connectivity index is 1.23. The minimum absolute atomic E-state index is 0.0714. The fourth-order valence-electron chi connectivity index (χ4n) is 8.47. The third-order valence-corrected chi connectivity index (χ3v) is 14.9. The van der Waals surface area contributed by atoms with Gasteiger partial charge in [-0.1, -0.05) is 158 Å². The van der Waals surface area contributed by atoms with E-state index < -0.39 is 87.3 Å². The van der Waals surface area contributed by atoms with Gasteiger partial charge in [-0.15, -0.1) is 0 Å². The van der Waals surface area contributed by atoms with Crippen molar-refractivity contribution in [3.8, 4) is 0 Å². The molecular formula is C54H58N2O14S2. The third kappa shape index (κ3) is 14.3. The summed E-state index contributed by atoms with van der Waals surface area (Å²) in [5.41, 5.74) is 3.10. The lowest BCUT2D eigenvalue weighted by Gasteiger charge is -2.49. The molecule has 6 aromatic carbocycles. The van der Waals surface area contributed by atoms with E-state index in [1.165, 1.54) is 31.2 Å². The summed E-state index contributed by atoms with van der Waals surface area (Å²) < 4.78 is 115. The molecule has 0 radical (unpaired) electrons. The summed E-state index contributed by atoms with van der Waals surface area (Å²) in [7, 11) is -8.81. The van der Waals surface area contributed by atoms with Crippen LogP contribution in [0.5, 0.6) is 0 Å². The van der Waals surface area contributed by atoms with Crippen LogP contribution in [0.2, 0.25) is 0 Å². The van der Waals surface area contributed by atoms with E-state index in [0.717, 1.165) is 16.7 Å². The van der Waals surface area contributed by atoms with Crippen LogP contribution in [-0.4, -0.2) is 102 Å². The maximum absolute atomic E-state index is 14.6. The summed E-state index contributed by atoms with van der Waals surface area (Å²) in [6.07, 6.45) is -11.3. The second-order valence-corrected chi connectivity index (χ2v) is 20.7. The zero-order valence-corrected chi connectivity index (χ0v) is 41.0. The molecule has 2 heterocycles. The smallest absolute Gasteiger partial charge is 0.303 e. The SMILES string of the molecule is CC(=O)O[C@H]1[C@H](OCc2ccccc2)[C@@H](NS(=O)(=O)c2ccccc2)[C@H](O[C@H]2[C@H](OCc3ccccc3)[C@@H](NS(=O)(=O)c3ccccc3)[C@@H](O)O[C@@H]2COCc2ccccc2)O[C@@H]1COCc1ccccc1. The van der Waals surface area contributed by atoms with Crippen LogP contribution in [-0.2, 0) is 89.2 Å². The number of sulfonamides is 2. The van der Waals surface area contributed by atoms with Gasteiger partial charge in [-0.2, -0.15) is 0 Å². The van der Waals surface area contributed by atoms with Gasteiger partial charge >= 0.3 is 5.97 Å². The molecule has 10 atom stereocenters. The predicted octanol–water partition coefficient (Wildman–Crippen LogP) is 6.04. The molecule has 0 spiro atoms. The van der Waals surface area contributed by atoms with E-state index in [0.29, 0.717) is 5.56 Å². The molecule has 6 aromatic rings. The molecule has 0 aliphatic carbocycles. The number of carbonyl (C=O) groups excluding carboxylic acids is 1. The highest BCUT2D eigenvalue weighted by atomic mass is 32.2. The van der Waals surface area contributed by atoms with Crippen molar-refractivity contribution in [2.24, 2.45) is 0 Å². The van der Waals surface area contributed by atoms with E-state index in [9.17, 15) is 26.7 Å². The van der Waals surface area contributed by atoms with Gasteiger partial charge in [0.05, 0.1) is 49.4 Å². The minimum Gasteiger partial charge on any atom is -0.457 e. The average molecular weight is 1020 g/mol. The number of aliphatic hydroxyl groups excluding tert-OH is 1. The van der Waals surface area contributed by atoms with Crippen LogP contribution >= 0.6 is 0 Å². The van der Waals surface area contributed by atoms with Crippen molar-refractivity contribution in [1.82, 2.24) is 9.44 Å². The summed E-state index contributed by atoms with van der Waals surface area (Å²) in [5, 5.41) is 11.9. The Labute approximate surface area is 420 Å². The molecular weight excluding hydrogens is 965 g/mol. The number of aliphatic hydroxyl groups is 1. The van der Waals surface area contributed by atoms with E-state index in [4.69, 9.17) is 37.9 Å². The van der Waals surface area contributed by atoms with E-state index in [-0.39, 0.29) is 49.4 Å². The first-order valence-corrected chi connectivity index (χ1v) is 26.4. The van der Waals surface area contributed by atoms with Crippen molar-refractivity contribution in [2.45, 2.75) is 104 Å². The normalized spacial score (nSPS) is 24.6. The highest BCUT2D eigenvalue weighted by molar-refractivity contribution is 7.89. The monoisotopic (exact) mass is 1020 g/mol. The predicted molar refractivity (Wildman–Crippen MR) is 263 cm³/mol. The summed E-state index contributed by atoms with van der Waals surface area (Å²) in [6, 6.07) is 49.1. The average Bonchev–Trinajstić information content (AvgIpc) is 3.39. The zero-order valence-electron chi connectivity index (χ0n) is 39.4. The van der Waals surface area contributed by atoms with Gasteiger partial charge in [0, 0.05) is 6.92 Å². The standard InChI is InChI=1S/C54H58N2O14S2/c1-38(57)67-49-46(37-64-33-40-22-10-3-11-23-40)69-54(48(52(49)66-35-42-26-14-5-15-27-42)56-72(61,62)44-30-18-7-19-31-44)70-50-45(36-63-32-39-20-8-2-9-21-39)68-53(58)47(51(50)65-34-41-24-12-4-13-25-41)55-71(59,60)43-28-16-6-17-29-43/h2-31,45-56,58H,32-37H2,1H3/t45-,46-,47-,48-,49-,50-,51-,52-,53+,54+/m1/s1. The fraction of sp³-hybridized carbons (Fsp3) is 0.315. The first-order chi connectivity index (χ1) is 34.9. The number of carbonyl (C=O) groups is 1. The minimum atomic E-state index is -4.44. The largest absolute Gasteiger partial charge is 0.457 e. The molecule has 0 bridgehead atoms. The Kier molecular flexibility index (Phi) is 18.5. The number of hydrogen-bond donors (Lipinski definition) is 3. The molecule has 0 saturated carbocycles. The lowest BCUT2D eigenvalue weighted by atomic mass is 9.94. The number of benzene rings is 6. The van der Waals surface area contributed by atoms with Gasteiger partial charge in [0.15, 0.2) is 18.7 Å². The van der Waals surface area contributed by atoms with Crippen LogP contribution in [0.4, 0.5) is 0 Å². The first kappa shape index (κ1) is 52.6. The summed E-state index contributed by atoms with van der Waals surface area (Å²) in [6.45, 7) is 0.862. The molecule has 16 nitrogen and oxygen atoms in total. The second kappa shape index (κ2) is 25.3. The van der Waals surface area contributed by atoms with E-state index in [1.54, 1.807) is 36.4 Å². The number of esters is 1. The Bertz CT molecular complexity index is 2810. The molecule has 18 heteroatoms. The number of ether oxygens (including phenoxy) is 8. The molecule has 0 unspecified atom stereocenters. The quantitative estimate of drug-likeness (QED) is 0.0627. The zero-order chi connectivity index (χ0) is 50.3. The van der Waals surface area contributed by atoms with Crippen LogP contribution in [0.1, 0.15) is 29.2 Å². The van der Waals surface area contributed by atoms with E-state index in [1.807, 2.05) is 121 Å². The molecule has 0 aromatic heterocycles. The van der Waals surface area contributed by atoms with E-state index in [2.05, 4.69) is 9.44 Å². The van der Waals surface area contributed by atoms with Crippen LogP contribution in [0.15, 0.2) is 192 Å². The molecule has 2 saturated heterocycles. The summed E-state index contributed by atoms with van der Waals surface area (Å²) in [5.74, 6) is -0.706. The fourth-order valence-corrected chi connectivity index (χ4v) is 11.0. The van der Waals surface area contributed by atoms with Gasteiger partial charge in [0.1, 0.15) is 42.6 Å². The number of nitrogens with one attached hydrogen (secondary N) is 2. The van der Waals surface area contributed by atoms with Crippen LogP contribution in [0.25, 0.3) is 0 Å². The van der Waals surface area contributed by atoms with Crippen molar-refractivity contribution in [3.63, 3.8) is 0 Å². The van der Waals surface area contributed by atoms with Crippen LogP contribution < -0.4 is 9.44 Å². The van der Waals surface area contributed by atoms with Crippen molar-refractivity contribution < 1.29 is 64.6 Å². The second-order valence-electron chi connectivity index (χ2n) is 17.2. The van der Waals surface area contributed by atoms with Crippen molar-refractivity contribution in [1.29, 1.82) is 0 Å².